The van der Waals surface area contributed by atoms with Crippen molar-refractivity contribution in [3.63, 3.8) is 0 Å². The number of nitrogens with one attached hydrogen (secondary N) is 2. The van der Waals surface area contributed by atoms with E-state index in [1.807, 2.05) is 5.43 Å². The molecule has 10 heteroatoms. The molecule has 0 saturated heterocycles. The van der Waals surface area contributed by atoms with Crippen LogP contribution in [0.3, 0.4) is 0 Å². The number of amides is 2. The molecule has 25 heavy (non-hydrogen) atoms. The molecular formula is C15H12ClF3N4O2. The highest BCUT2D eigenvalue weighted by molar-refractivity contribution is 6.30. The quantitative estimate of drug-likeness (QED) is 0.813. The number of hydrogen-bond donors (Lipinski definition) is 2. The van der Waals surface area contributed by atoms with E-state index in [0.29, 0.717) is 17.5 Å². The van der Waals surface area contributed by atoms with Gasteiger partial charge in [-0.2, -0.15) is 18.3 Å². The van der Waals surface area contributed by atoms with Crippen LogP contribution in [-0.2, 0) is 11.0 Å². The highest BCUT2D eigenvalue weighted by Gasteiger charge is 2.41. The minimum atomic E-state index is -4.84. The van der Waals surface area contributed by atoms with Crippen molar-refractivity contribution in [2.24, 2.45) is 5.92 Å². The predicted octanol–water partition coefficient (Wildman–Crippen LogP) is 2.72. The summed E-state index contributed by atoms with van der Waals surface area (Å²) >= 11 is 5.80. The van der Waals surface area contributed by atoms with Crippen molar-refractivity contribution in [2.45, 2.75) is 19.0 Å². The third kappa shape index (κ3) is 3.76. The van der Waals surface area contributed by atoms with Crippen LogP contribution in [0.25, 0.3) is 5.69 Å². The number of hydrazine groups is 1. The molecule has 0 aliphatic heterocycles. The molecule has 1 saturated carbocycles. The van der Waals surface area contributed by atoms with E-state index >= 15 is 0 Å². The summed E-state index contributed by atoms with van der Waals surface area (Å²) in [5.41, 5.74) is 2.20. The van der Waals surface area contributed by atoms with E-state index in [-0.39, 0.29) is 16.6 Å². The van der Waals surface area contributed by atoms with Gasteiger partial charge in [-0.3, -0.25) is 20.4 Å². The van der Waals surface area contributed by atoms with Crippen molar-refractivity contribution < 1.29 is 22.8 Å². The molecule has 0 spiro atoms. The summed E-state index contributed by atoms with van der Waals surface area (Å²) in [5.74, 6) is -1.73. The maximum absolute atomic E-state index is 13.5. The smallest absolute Gasteiger partial charge is 0.273 e. The third-order valence-electron chi connectivity index (χ3n) is 3.58. The number of halogens is 4. The van der Waals surface area contributed by atoms with E-state index < -0.39 is 29.2 Å². The Bertz CT molecular complexity index is 830. The van der Waals surface area contributed by atoms with Crippen LogP contribution in [0.15, 0.2) is 30.5 Å². The maximum atomic E-state index is 13.5. The number of nitrogens with zero attached hydrogens (tertiary/aromatic N) is 2. The minimum Gasteiger partial charge on any atom is -0.273 e. The van der Waals surface area contributed by atoms with Crippen LogP contribution in [0.5, 0.6) is 0 Å². The summed E-state index contributed by atoms with van der Waals surface area (Å²) in [7, 11) is 0. The molecule has 1 aliphatic rings. The molecular weight excluding hydrogens is 361 g/mol. The Morgan fingerprint density at radius 2 is 1.96 bits per heavy atom. The number of hydrogen-bond acceptors (Lipinski definition) is 3. The Hall–Kier alpha value is -2.55. The van der Waals surface area contributed by atoms with Gasteiger partial charge >= 0.3 is 6.18 Å². The number of alkyl halides is 3. The van der Waals surface area contributed by atoms with Crippen LogP contribution in [0.1, 0.15) is 28.9 Å². The van der Waals surface area contributed by atoms with E-state index in [0.717, 1.165) is 6.20 Å². The van der Waals surface area contributed by atoms with Crippen LogP contribution in [-0.4, -0.2) is 21.6 Å². The second-order valence-corrected chi connectivity index (χ2v) is 5.95. The largest absolute Gasteiger partial charge is 0.434 e. The second kappa shape index (κ2) is 6.40. The highest BCUT2D eigenvalue weighted by atomic mass is 35.5. The zero-order chi connectivity index (χ0) is 18.2. The number of benzene rings is 1. The summed E-state index contributed by atoms with van der Waals surface area (Å²) in [6.45, 7) is 0. The fraction of sp³-hybridized carbons (Fsp3) is 0.267. The van der Waals surface area contributed by atoms with Gasteiger partial charge in [0.2, 0.25) is 5.91 Å². The lowest BCUT2D eigenvalue weighted by Gasteiger charge is -2.13. The highest BCUT2D eigenvalue weighted by Crippen LogP contribution is 2.34. The van der Waals surface area contributed by atoms with Gasteiger partial charge in [0.15, 0.2) is 5.69 Å². The van der Waals surface area contributed by atoms with Crippen molar-refractivity contribution in [1.29, 1.82) is 0 Å². The molecule has 1 fully saturated rings. The van der Waals surface area contributed by atoms with E-state index in [1.165, 1.54) is 24.3 Å². The molecule has 0 unspecified atom stereocenters. The molecule has 1 aliphatic carbocycles. The Morgan fingerprint density at radius 3 is 2.56 bits per heavy atom. The molecule has 3 rings (SSSR count). The SMILES string of the molecule is O=C(NNC(=O)C1CC1)c1cnn(-c2cccc(Cl)c2)c1C(F)(F)F. The van der Waals surface area contributed by atoms with Gasteiger partial charge in [0.25, 0.3) is 5.91 Å². The fourth-order valence-corrected chi connectivity index (χ4v) is 2.41. The van der Waals surface area contributed by atoms with Crippen molar-refractivity contribution in [3.05, 3.63) is 46.7 Å². The first-order valence-electron chi connectivity index (χ1n) is 7.28. The molecule has 0 radical (unpaired) electrons. The monoisotopic (exact) mass is 372 g/mol. The Labute approximate surface area is 144 Å². The molecule has 2 N–H and O–H groups in total. The second-order valence-electron chi connectivity index (χ2n) is 5.51. The Kier molecular flexibility index (Phi) is 4.42. The topological polar surface area (TPSA) is 76.0 Å². The average molecular weight is 373 g/mol. The van der Waals surface area contributed by atoms with Crippen LogP contribution >= 0.6 is 11.6 Å². The molecule has 0 bridgehead atoms. The van der Waals surface area contributed by atoms with Crippen molar-refractivity contribution in [2.75, 3.05) is 0 Å². The fourth-order valence-electron chi connectivity index (χ4n) is 2.22. The van der Waals surface area contributed by atoms with Gasteiger partial charge in [-0.25, -0.2) is 4.68 Å². The van der Waals surface area contributed by atoms with Gasteiger partial charge in [0.05, 0.1) is 17.4 Å². The molecule has 0 atom stereocenters. The molecule has 1 heterocycles. The zero-order valence-electron chi connectivity index (χ0n) is 12.6. The molecule has 2 aromatic rings. The standard InChI is InChI=1S/C15H12ClF3N4O2/c16-9-2-1-3-10(6-9)23-12(15(17,18)19)11(7-20-23)14(25)22-21-13(24)8-4-5-8/h1-3,6-8H,4-5H2,(H,21,24)(H,22,25). The predicted molar refractivity (Wildman–Crippen MR) is 81.9 cm³/mol. The average Bonchev–Trinajstić information content (AvgIpc) is 3.29. The van der Waals surface area contributed by atoms with Crippen LogP contribution in [0, 0.1) is 5.92 Å². The van der Waals surface area contributed by atoms with Gasteiger partial charge in [-0.15, -0.1) is 0 Å². The summed E-state index contributed by atoms with van der Waals surface area (Å²) < 4.78 is 41.0. The van der Waals surface area contributed by atoms with E-state index in [9.17, 15) is 22.8 Å². The van der Waals surface area contributed by atoms with E-state index in [4.69, 9.17) is 11.6 Å². The van der Waals surface area contributed by atoms with E-state index in [2.05, 4.69) is 10.5 Å². The van der Waals surface area contributed by atoms with Crippen LogP contribution in [0.4, 0.5) is 13.2 Å². The molecule has 132 valence electrons. The maximum Gasteiger partial charge on any atom is 0.434 e. The first-order chi connectivity index (χ1) is 11.8. The summed E-state index contributed by atoms with van der Waals surface area (Å²) in [6.07, 6.45) is -2.65. The summed E-state index contributed by atoms with van der Waals surface area (Å²) in [4.78, 5) is 23.6. The number of carbonyl (C=O) groups is 2. The lowest BCUT2D eigenvalue weighted by Crippen LogP contribution is -2.42. The lowest BCUT2D eigenvalue weighted by atomic mass is 10.2. The first kappa shape index (κ1) is 17.3. The van der Waals surface area contributed by atoms with Gasteiger partial charge in [-0.1, -0.05) is 17.7 Å². The molecule has 2 amide bonds. The van der Waals surface area contributed by atoms with Crippen LogP contribution < -0.4 is 10.9 Å². The van der Waals surface area contributed by atoms with Gasteiger partial charge in [-0.05, 0) is 31.0 Å². The Morgan fingerprint density at radius 1 is 1.24 bits per heavy atom. The minimum absolute atomic E-state index is 0.0564. The summed E-state index contributed by atoms with van der Waals surface area (Å²) in [5, 5.41) is 3.88. The molecule has 6 nitrogen and oxygen atoms in total. The summed E-state index contributed by atoms with van der Waals surface area (Å²) in [6, 6.07) is 5.64. The van der Waals surface area contributed by atoms with E-state index in [1.54, 1.807) is 0 Å². The first-order valence-corrected chi connectivity index (χ1v) is 7.66. The third-order valence-corrected chi connectivity index (χ3v) is 3.82. The molecule has 1 aromatic carbocycles. The van der Waals surface area contributed by atoms with Crippen LogP contribution in [0.2, 0.25) is 5.02 Å². The van der Waals surface area contributed by atoms with Crippen molar-refractivity contribution >= 4 is 23.4 Å². The lowest BCUT2D eigenvalue weighted by molar-refractivity contribution is -0.143. The zero-order valence-corrected chi connectivity index (χ0v) is 13.4. The van der Waals surface area contributed by atoms with Gasteiger partial charge < -0.3 is 0 Å². The number of rotatable bonds is 3. The van der Waals surface area contributed by atoms with Crippen molar-refractivity contribution in [1.82, 2.24) is 20.6 Å². The van der Waals surface area contributed by atoms with Gasteiger partial charge in [0.1, 0.15) is 0 Å². The van der Waals surface area contributed by atoms with Gasteiger partial charge in [0, 0.05) is 10.9 Å². The normalized spacial score (nSPS) is 14.2. The molecule has 1 aromatic heterocycles. The number of carbonyl (C=O) groups excluding carboxylic acids is 2. The Balaban J connectivity index is 1.91. The number of aromatic nitrogens is 2. The van der Waals surface area contributed by atoms with Crippen molar-refractivity contribution in [3.8, 4) is 5.69 Å².